The van der Waals surface area contributed by atoms with Gasteiger partial charge in [-0.3, -0.25) is 4.79 Å². The van der Waals surface area contributed by atoms with Gasteiger partial charge in [0, 0.05) is 32.8 Å². The molecule has 3 aliphatic heterocycles. The summed E-state index contributed by atoms with van der Waals surface area (Å²) < 4.78 is 5.47. The molecule has 3 heterocycles. The molecule has 2 atom stereocenters. The van der Waals surface area contributed by atoms with Gasteiger partial charge in [-0.05, 0) is 45.1 Å². The number of nitrogens with zero attached hydrogens (tertiary/aromatic N) is 2. The number of likely N-dealkylation sites (tertiary alicyclic amines) is 2. The fourth-order valence-corrected chi connectivity index (χ4v) is 4.05. The van der Waals surface area contributed by atoms with Gasteiger partial charge in [0.25, 0.3) is 0 Å². The van der Waals surface area contributed by atoms with Crippen molar-refractivity contribution in [1.29, 1.82) is 0 Å². The van der Waals surface area contributed by atoms with Gasteiger partial charge in [0.1, 0.15) is 0 Å². The van der Waals surface area contributed by atoms with E-state index in [9.17, 15) is 4.79 Å². The summed E-state index contributed by atoms with van der Waals surface area (Å²) in [6, 6.07) is 0. The molecule has 3 rings (SSSR count). The van der Waals surface area contributed by atoms with E-state index in [0.29, 0.717) is 11.8 Å². The van der Waals surface area contributed by atoms with Crippen molar-refractivity contribution in [3.63, 3.8) is 0 Å². The SMILES string of the molecule is CCN1CC[C@]2(CCCN(C[C@@H]3CCOC3)C2)C1=O. The van der Waals surface area contributed by atoms with Crippen molar-refractivity contribution < 1.29 is 9.53 Å². The molecule has 0 aromatic carbocycles. The van der Waals surface area contributed by atoms with Crippen LogP contribution in [-0.4, -0.2) is 61.6 Å². The highest BCUT2D eigenvalue weighted by Crippen LogP contribution is 2.40. The molecular weight excluding hydrogens is 240 g/mol. The van der Waals surface area contributed by atoms with Crippen molar-refractivity contribution in [2.24, 2.45) is 11.3 Å². The Balaban J connectivity index is 1.62. The first-order valence-corrected chi connectivity index (χ1v) is 7.83. The van der Waals surface area contributed by atoms with Crippen LogP contribution in [0.3, 0.4) is 0 Å². The third-order valence-corrected chi connectivity index (χ3v) is 5.18. The van der Waals surface area contributed by atoms with Gasteiger partial charge in [0.05, 0.1) is 12.0 Å². The molecule has 0 unspecified atom stereocenters. The van der Waals surface area contributed by atoms with Gasteiger partial charge in [-0.15, -0.1) is 0 Å². The van der Waals surface area contributed by atoms with E-state index in [1.807, 2.05) is 4.90 Å². The topological polar surface area (TPSA) is 32.8 Å². The highest BCUT2D eigenvalue weighted by molar-refractivity contribution is 5.85. The van der Waals surface area contributed by atoms with Gasteiger partial charge < -0.3 is 14.5 Å². The number of carbonyl (C=O) groups is 1. The lowest BCUT2D eigenvalue weighted by atomic mass is 9.78. The van der Waals surface area contributed by atoms with Crippen LogP contribution >= 0.6 is 0 Å². The van der Waals surface area contributed by atoms with Crippen LogP contribution in [0.1, 0.15) is 32.6 Å². The van der Waals surface area contributed by atoms with Crippen LogP contribution in [0.5, 0.6) is 0 Å². The monoisotopic (exact) mass is 266 g/mol. The van der Waals surface area contributed by atoms with E-state index in [4.69, 9.17) is 4.74 Å². The zero-order valence-electron chi connectivity index (χ0n) is 12.1. The molecule has 0 aliphatic carbocycles. The molecule has 1 amide bonds. The molecule has 19 heavy (non-hydrogen) atoms. The van der Waals surface area contributed by atoms with E-state index in [0.717, 1.165) is 58.8 Å². The number of piperidine rings is 1. The van der Waals surface area contributed by atoms with Gasteiger partial charge in [0.2, 0.25) is 5.91 Å². The second-order valence-electron chi connectivity index (χ2n) is 6.48. The van der Waals surface area contributed by atoms with E-state index in [2.05, 4.69) is 11.8 Å². The molecule has 1 spiro atoms. The quantitative estimate of drug-likeness (QED) is 0.773. The Morgan fingerprint density at radius 1 is 1.37 bits per heavy atom. The molecular formula is C15H26N2O2. The summed E-state index contributed by atoms with van der Waals surface area (Å²) in [5, 5.41) is 0. The lowest BCUT2D eigenvalue weighted by molar-refractivity contribution is -0.138. The van der Waals surface area contributed by atoms with E-state index >= 15 is 0 Å². The first-order valence-electron chi connectivity index (χ1n) is 7.83. The van der Waals surface area contributed by atoms with Crippen LogP contribution in [0.25, 0.3) is 0 Å². The summed E-state index contributed by atoms with van der Waals surface area (Å²) in [5.41, 5.74) is -0.0479. The Bertz CT molecular complexity index is 341. The number of hydrogen-bond acceptors (Lipinski definition) is 3. The maximum Gasteiger partial charge on any atom is 0.230 e. The Hall–Kier alpha value is -0.610. The molecule has 0 aromatic rings. The first kappa shape index (κ1) is 13.4. The number of amides is 1. The lowest BCUT2D eigenvalue weighted by Gasteiger charge is -2.39. The average Bonchev–Trinajstić information content (AvgIpc) is 3.01. The Morgan fingerprint density at radius 3 is 2.95 bits per heavy atom. The third-order valence-electron chi connectivity index (χ3n) is 5.18. The fourth-order valence-electron chi connectivity index (χ4n) is 4.05. The van der Waals surface area contributed by atoms with E-state index in [-0.39, 0.29) is 5.41 Å². The molecule has 0 aromatic heterocycles. The zero-order valence-corrected chi connectivity index (χ0v) is 12.1. The minimum absolute atomic E-state index is 0.0479. The van der Waals surface area contributed by atoms with Crippen molar-refractivity contribution >= 4 is 5.91 Å². The van der Waals surface area contributed by atoms with Crippen LogP contribution in [0, 0.1) is 11.3 Å². The van der Waals surface area contributed by atoms with Crippen molar-refractivity contribution in [1.82, 2.24) is 9.80 Å². The lowest BCUT2D eigenvalue weighted by Crippen LogP contribution is -2.49. The van der Waals surface area contributed by atoms with Gasteiger partial charge in [-0.2, -0.15) is 0 Å². The van der Waals surface area contributed by atoms with Crippen molar-refractivity contribution in [2.75, 3.05) is 45.9 Å². The summed E-state index contributed by atoms with van der Waals surface area (Å²) >= 11 is 0. The number of carbonyl (C=O) groups excluding carboxylic acids is 1. The van der Waals surface area contributed by atoms with Gasteiger partial charge in [-0.1, -0.05) is 0 Å². The maximum absolute atomic E-state index is 12.6. The molecule has 0 radical (unpaired) electrons. The normalized spacial score (nSPS) is 36.6. The van der Waals surface area contributed by atoms with Gasteiger partial charge >= 0.3 is 0 Å². The van der Waals surface area contributed by atoms with Crippen LogP contribution in [0.15, 0.2) is 0 Å². The molecule has 0 bridgehead atoms. The largest absolute Gasteiger partial charge is 0.381 e. The molecule has 3 saturated heterocycles. The molecule has 3 fully saturated rings. The second kappa shape index (κ2) is 5.41. The molecule has 108 valence electrons. The van der Waals surface area contributed by atoms with Gasteiger partial charge in [-0.25, -0.2) is 0 Å². The number of hydrogen-bond donors (Lipinski definition) is 0. The first-order chi connectivity index (χ1) is 9.23. The Morgan fingerprint density at radius 2 is 2.26 bits per heavy atom. The van der Waals surface area contributed by atoms with Crippen LogP contribution < -0.4 is 0 Å². The van der Waals surface area contributed by atoms with Gasteiger partial charge in [0.15, 0.2) is 0 Å². The Labute approximate surface area is 116 Å². The van der Waals surface area contributed by atoms with E-state index in [1.54, 1.807) is 0 Å². The molecule has 0 saturated carbocycles. The minimum atomic E-state index is -0.0479. The zero-order chi connectivity index (χ0) is 13.3. The van der Waals surface area contributed by atoms with Crippen LogP contribution in [0.4, 0.5) is 0 Å². The average molecular weight is 266 g/mol. The van der Waals surface area contributed by atoms with E-state index in [1.165, 1.54) is 12.8 Å². The summed E-state index contributed by atoms with van der Waals surface area (Å²) in [6.45, 7) is 9.04. The number of rotatable bonds is 3. The maximum atomic E-state index is 12.6. The minimum Gasteiger partial charge on any atom is -0.381 e. The third kappa shape index (κ3) is 2.52. The van der Waals surface area contributed by atoms with Crippen molar-refractivity contribution in [3.05, 3.63) is 0 Å². The summed E-state index contributed by atoms with van der Waals surface area (Å²) in [4.78, 5) is 17.1. The standard InChI is InChI=1S/C15H26N2O2/c1-2-17-8-6-15(14(17)18)5-3-7-16(12-15)10-13-4-9-19-11-13/h13H,2-12H2,1H3/t13-,15-/m0/s1. The van der Waals surface area contributed by atoms with Crippen molar-refractivity contribution in [2.45, 2.75) is 32.6 Å². The summed E-state index contributed by atoms with van der Waals surface area (Å²) in [5.74, 6) is 1.11. The van der Waals surface area contributed by atoms with Crippen molar-refractivity contribution in [3.8, 4) is 0 Å². The molecule has 4 nitrogen and oxygen atoms in total. The fraction of sp³-hybridized carbons (Fsp3) is 0.933. The molecule has 3 aliphatic rings. The summed E-state index contributed by atoms with van der Waals surface area (Å²) in [7, 11) is 0. The predicted octanol–water partition coefficient (Wildman–Crippen LogP) is 1.36. The predicted molar refractivity (Wildman–Crippen MR) is 73.9 cm³/mol. The van der Waals surface area contributed by atoms with Crippen LogP contribution in [-0.2, 0) is 9.53 Å². The Kier molecular flexibility index (Phi) is 3.81. The van der Waals surface area contributed by atoms with E-state index < -0.39 is 0 Å². The highest BCUT2D eigenvalue weighted by atomic mass is 16.5. The summed E-state index contributed by atoms with van der Waals surface area (Å²) in [6.07, 6.45) is 4.53. The van der Waals surface area contributed by atoms with Crippen LogP contribution in [0.2, 0.25) is 0 Å². The highest BCUT2D eigenvalue weighted by Gasteiger charge is 2.48. The second-order valence-corrected chi connectivity index (χ2v) is 6.48. The smallest absolute Gasteiger partial charge is 0.230 e. The molecule has 0 N–H and O–H groups in total. The number of ether oxygens (including phenoxy) is 1. The molecule has 4 heteroatoms.